The summed E-state index contributed by atoms with van der Waals surface area (Å²) in [5.41, 5.74) is 4.20. The summed E-state index contributed by atoms with van der Waals surface area (Å²) < 4.78 is 7.06. The lowest BCUT2D eigenvalue weighted by molar-refractivity contribution is 0.316. The Hall–Kier alpha value is -0.910. The fourth-order valence-corrected chi connectivity index (χ4v) is 3.33. The second-order valence-corrected chi connectivity index (χ2v) is 6.78. The Balaban J connectivity index is 2.04. The summed E-state index contributed by atoms with van der Waals surface area (Å²) in [6.45, 7) is 7.93. The van der Waals surface area contributed by atoms with Crippen molar-refractivity contribution in [2.75, 3.05) is 13.2 Å². The van der Waals surface area contributed by atoms with Gasteiger partial charge in [-0.25, -0.2) is 4.98 Å². The summed E-state index contributed by atoms with van der Waals surface area (Å²) >= 11 is 5.21. The fraction of sp³-hybridized carbons (Fsp3) is 0.438. The van der Waals surface area contributed by atoms with Gasteiger partial charge in [-0.3, -0.25) is 0 Å². The molecule has 0 aliphatic carbocycles. The predicted octanol–water partition coefficient (Wildman–Crippen LogP) is 4.51. The molecule has 1 heterocycles. The molecule has 0 saturated carbocycles. The number of ether oxygens (including phenoxy) is 1. The highest BCUT2D eigenvalue weighted by Gasteiger charge is 2.12. The number of nitrogens with zero attached hydrogens (tertiary/aromatic N) is 1. The van der Waals surface area contributed by atoms with Crippen LogP contribution in [0.5, 0.6) is 5.75 Å². The van der Waals surface area contributed by atoms with Crippen molar-refractivity contribution in [3.63, 3.8) is 0 Å². The van der Waals surface area contributed by atoms with Crippen LogP contribution in [0.3, 0.4) is 0 Å². The van der Waals surface area contributed by atoms with Gasteiger partial charge in [-0.1, -0.05) is 28.9 Å². The van der Waals surface area contributed by atoms with Crippen molar-refractivity contribution in [1.29, 1.82) is 0 Å². The molecular weight excluding hydrogens is 348 g/mol. The molecule has 21 heavy (non-hydrogen) atoms. The Labute approximate surface area is 138 Å². The van der Waals surface area contributed by atoms with Gasteiger partial charge in [0.15, 0.2) is 0 Å². The monoisotopic (exact) mass is 368 g/mol. The number of hydrogen-bond donors (Lipinski definition) is 1. The van der Waals surface area contributed by atoms with Gasteiger partial charge in [0.05, 0.1) is 17.8 Å². The molecule has 1 atom stereocenters. The minimum atomic E-state index is 0.281. The summed E-state index contributed by atoms with van der Waals surface area (Å²) in [6.07, 6.45) is 0.901. The molecule has 3 nitrogen and oxygen atoms in total. The molecule has 1 N–H and O–H groups in total. The van der Waals surface area contributed by atoms with Gasteiger partial charge in [0, 0.05) is 27.4 Å². The van der Waals surface area contributed by atoms with Crippen LogP contribution in [0.25, 0.3) is 0 Å². The molecule has 1 aromatic heterocycles. The van der Waals surface area contributed by atoms with E-state index in [1.165, 1.54) is 10.4 Å². The molecule has 0 saturated heterocycles. The van der Waals surface area contributed by atoms with Crippen LogP contribution in [0.1, 0.15) is 36.0 Å². The lowest BCUT2D eigenvalue weighted by Crippen LogP contribution is -2.18. The SMILES string of the molecule is CCNC(C)c1ccc(Br)cc1OCCc1scnc1C. The molecule has 0 radical (unpaired) electrons. The third kappa shape index (κ3) is 4.53. The molecule has 5 heteroatoms. The van der Waals surface area contributed by atoms with Crippen molar-refractivity contribution in [2.24, 2.45) is 0 Å². The summed E-state index contributed by atoms with van der Waals surface area (Å²) in [7, 11) is 0. The number of rotatable bonds is 7. The molecule has 0 aliphatic rings. The fourth-order valence-electron chi connectivity index (χ4n) is 2.23. The van der Waals surface area contributed by atoms with Crippen LogP contribution in [0.4, 0.5) is 0 Å². The largest absolute Gasteiger partial charge is 0.493 e. The third-order valence-corrected chi connectivity index (χ3v) is 4.87. The topological polar surface area (TPSA) is 34.1 Å². The second kappa shape index (κ2) is 7.92. The van der Waals surface area contributed by atoms with Gasteiger partial charge in [0.2, 0.25) is 0 Å². The minimum absolute atomic E-state index is 0.281. The number of halogens is 1. The smallest absolute Gasteiger partial charge is 0.125 e. The van der Waals surface area contributed by atoms with E-state index >= 15 is 0 Å². The van der Waals surface area contributed by atoms with Crippen molar-refractivity contribution < 1.29 is 4.74 Å². The van der Waals surface area contributed by atoms with E-state index in [1.54, 1.807) is 11.3 Å². The van der Waals surface area contributed by atoms with Crippen LogP contribution >= 0.6 is 27.3 Å². The first-order valence-electron chi connectivity index (χ1n) is 7.16. The second-order valence-electron chi connectivity index (χ2n) is 4.92. The van der Waals surface area contributed by atoms with Gasteiger partial charge in [-0.2, -0.15) is 0 Å². The van der Waals surface area contributed by atoms with E-state index in [4.69, 9.17) is 4.74 Å². The molecule has 0 amide bonds. The van der Waals surface area contributed by atoms with Gasteiger partial charge in [0.1, 0.15) is 5.75 Å². The highest BCUT2D eigenvalue weighted by Crippen LogP contribution is 2.29. The van der Waals surface area contributed by atoms with Crippen LogP contribution < -0.4 is 10.1 Å². The lowest BCUT2D eigenvalue weighted by atomic mass is 10.1. The molecule has 0 aliphatic heterocycles. The van der Waals surface area contributed by atoms with Gasteiger partial charge in [0.25, 0.3) is 0 Å². The van der Waals surface area contributed by atoms with Gasteiger partial charge in [-0.15, -0.1) is 11.3 Å². The van der Waals surface area contributed by atoms with Crippen molar-refractivity contribution in [1.82, 2.24) is 10.3 Å². The van der Waals surface area contributed by atoms with E-state index in [2.05, 4.69) is 52.2 Å². The maximum atomic E-state index is 6.02. The summed E-state index contributed by atoms with van der Waals surface area (Å²) in [6, 6.07) is 6.50. The van der Waals surface area contributed by atoms with Crippen LogP contribution in [-0.2, 0) is 6.42 Å². The molecule has 1 unspecified atom stereocenters. The number of thiazole rings is 1. The molecule has 0 bridgehead atoms. The van der Waals surface area contributed by atoms with E-state index in [0.717, 1.165) is 28.9 Å². The molecule has 0 spiro atoms. The first-order chi connectivity index (χ1) is 10.1. The maximum absolute atomic E-state index is 6.02. The van der Waals surface area contributed by atoms with E-state index in [1.807, 2.05) is 18.5 Å². The van der Waals surface area contributed by atoms with Crippen molar-refractivity contribution in [3.05, 3.63) is 44.3 Å². The Morgan fingerprint density at radius 2 is 2.24 bits per heavy atom. The van der Waals surface area contributed by atoms with E-state index in [-0.39, 0.29) is 6.04 Å². The van der Waals surface area contributed by atoms with Gasteiger partial charge in [-0.05, 0) is 32.5 Å². The molecule has 2 rings (SSSR count). The summed E-state index contributed by atoms with van der Waals surface area (Å²) in [5.74, 6) is 0.944. The van der Waals surface area contributed by atoms with Crippen LogP contribution in [0.2, 0.25) is 0 Å². The number of benzene rings is 1. The van der Waals surface area contributed by atoms with Crippen molar-refractivity contribution in [3.8, 4) is 5.75 Å². The standard InChI is InChI=1S/C16H21BrN2OS/c1-4-18-11(2)14-6-5-13(17)9-15(14)20-8-7-16-12(3)19-10-21-16/h5-6,9-11,18H,4,7-8H2,1-3H3. The zero-order valence-electron chi connectivity index (χ0n) is 12.6. The number of hydrogen-bond acceptors (Lipinski definition) is 4. The zero-order chi connectivity index (χ0) is 15.2. The van der Waals surface area contributed by atoms with Gasteiger partial charge < -0.3 is 10.1 Å². The summed E-state index contributed by atoms with van der Waals surface area (Å²) in [5, 5.41) is 3.43. The Morgan fingerprint density at radius 1 is 1.43 bits per heavy atom. The quantitative estimate of drug-likeness (QED) is 0.780. The lowest BCUT2D eigenvalue weighted by Gasteiger charge is -2.18. The van der Waals surface area contributed by atoms with Crippen molar-refractivity contribution in [2.45, 2.75) is 33.2 Å². The molecular formula is C16H21BrN2OS. The van der Waals surface area contributed by atoms with Crippen LogP contribution in [0, 0.1) is 6.92 Å². The average molecular weight is 369 g/mol. The Bertz CT molecular complexity index is 585. The van der Waals surface area contributed by atoms with Gasteiger partial charge >= 0.3 is 0 Å². The predicted molar refractivity (Wildman–Crippen MR) is 92.3 cm³/mol. The molecule has 1 aromatic carbocycles. The van der Waals surface area contributed by atoms with E-state index < -0.39 is 0 Å². The third-order valence-electron chi connectivity index (χ3n) is 3.38. The van der Waals surface area contributed by atoms with Crippen LogP contribution in [-0.4, -0.2) is 18.1 Å². The summed E-state index contributed by atoms with van der Waals surface area (Å²) in [4.78, 5) is 5.57. The Morgan fingerprint density at radius 3 is 2.90 bits per heavy atom. The van der Waals surface area contributed by atoms with E-state index in [0.29, 0.717) is 6.61 Å². The number of aromatic nitrogens is 1. The Kier molecular flexibility index (Phi) is 6.21. The van der Waals surface area contributed by atoms with E-state index in [9.17, 15) is 0 Å². The normalized spacial score (nSPS) is 12.4. The minimum Gasteiger partial charge on any atom is -0.493 e. The zero-order valence-corrected chi connectivity index (χ0v) is 15.1. The number of aryl methyl sites for hydroxylation is 1. The highest BCUT2D eigenvalue weighted by molar-refractivity contribution is 9.10. The van der Waals surface area contributed by atoms with Crippen molar-refractivity contribution >= 4 is 27.3 Å². The molecule has 114 valence electrons. The first-order valence-corrected chi connectivity index (χ1v) is 8.83. The molecule has 2 aromatic rings. The van der Waals surface area contributed by atoms with Crippen LogP contribution in [0.15, 0.2) is 28.2 Å². The molecule has 0 fully saturated rings. The first kappa shape index (κ1) is 16.5. The highest BCUT2D eigenvalue weighted by atomic mass is 79.9. The average Bonchev–Trinajstić information content (AvgIpc) is 2.85. The number of nitrogens with one attached hydrogen (secondary N) is 1. The maximum Gasteiger partial charge on any atom is 0.125 e.